The molecule has 0 saturated carbocycles. The van der Waals surface area contributed by atoms with Gasteiger partial charge in [-0.15, -0.1) is 0 Å². The number of aromatic nitrogens is 3. The number of nitrogens with two attached hydrogens (primary N) is 1. The van der Waals surface area contributed by atoms with Crippen LogP contribution in [0.15, 0.2) is 30.3 Å². The molecule has 1 aliphatic heterocycles. The summed E-state index contributed by atoms with van der Waals surface area (Å²) in [6.07, 6.45) is 0.878. The van der Waals surface area contributed by atoms with E-state index in [1.165, 1.54) is 0 Å². The molecule has 1 unspecified atom stereocenters. The Hall–Kier alpha value is -3.13. The molecular weight excluding hydrogens is 358 g/mol. The Morgan fingerprint density at radius 3 is 2.86 bits per heavy atom. The highest BCUT2D eigenvalue weighted by Gasteiger charge is 2.20. The van der Waals surface area contributed by atoms with Gasteiger partial charge in [-0.25, -0.2) is 15.0 Å². The predicted octanol–water partition coefficient (Wildman–Crippen LogP) is 2.70. The second kappa shape index (κ2) is 7.85. The second-order valence-corrected chi connectivity index (χ2v) is 6.65. The average Bonchev–Trinajstić information content (AvgIpc) is 3.19. The van der Waals surface area contributed by atoms with E-state index in [9.17, 15) is 0 Å². The fourth-order valence-corrected chi connectivity index (χ4v) is 3.20. The van der Waals surface area contributed by atoms with Crippen molar-refractivity contribution in [3.05, 3.63) is 41.9 Å². The highest BCUT2D eigenvalue weighted by Crippen LogP contribution is 2.35. The topological polar surface area (TPSA) is 104 Å². The maximum Gasteiger partial charge on any atom is 0.162 e. The first-order valence-electron chi connectivity index (χ1n) is 9.18. The lowest BCUT2D eigenvalue weighted by atomic mass is 10.2. The number of methoxy groups -OCH3 is 1. The van der Waals surface area contributed by atoms with Crippen molar-refractivity contribution < 1.29 is 14.2 Å². The van der Waals surface area contributed by atoms with Crippen LogP contribution in [0.25, 0.3) is 10.9 Å². The Kier molecular flexibility index (Phi) is 5.12. The maximum absolute atomic E-state index is 6.11. The largest absolute Gasteiger partial charge is 0.493 e. The number of nitrogens with one attached hydrogen (secondary N) is 1. The van der Waals surface area contributed by atoms with Crippen molar-refractivity contribution in [3.8, 4) is 11.5 Å². The van der Waals surface area contributed by atoms with Gasteiger partial charge in [-0.05, 0) is 25.1 Å². The van der Waals surface area contributed by atoms with E-state index in [4.69, 9.17) is 19.9 Å². The molecule has 1 atom stereocenters. The molecule has 1 fully saturated rings. The lowest BCUT2D eigenvalue weighted by molar-refractivity contribution is 0.139. The van der Waals surface area contributed by atoms with Crippen molar-refractivity contribution in [1.82, 2.24) is 15.0 Å². The number of nitrogen functional groups attached to an aromatic ring is 1. The minimum Gasteiger partial charge on any atom is -0.493 e. The summed E-state index contributed by atoms with van der Waals surface area (Å²) in [6.45, 7) is 3.64. The van der Waals surface area contributed by atoms with Crippen LogP contribution >= 0.6 is 0 Å². The van der Waals surface area contributed by atoms with Crippen molar-refractivity contribution in [1.29, 1.82) is 0 Å². The van der Waals surface area contributed by atoms with Gasteiger partial charge in [0.1, 0.15) is 23.6 Å². The number of benzene rings is 1. The molecule has 3 aromatic rings. The van der Waals surface area contributed by atoms with E-state index in [2.05, 4.69) is 20.3 Å². The van der Waals surface area contributed by atoms with Gasteiger partial charge < -0.3 is 25.3 Å². The molecule has 2 aromatic heterocycles. The number of hydrogen-bond donors (Lipinski definition) is 2. The monoisotopic (exact) mass is 381 g/mol. The lowest BCUT2D eigenvalue weighted by Gasteiger charge is -2.17. The third-order valence-electron chi connectivity index (χ3n) is 4.54. The molecule has 0 amide bonds. The van der Waals surface area contributed by atoms with Gasteiger partial charge >= 0.3 is 0 Å². The van der Waals surface area contributed by atoms with Crippen molar-refractivity contribution in [3.63, 3.8) is 0 Å². The number of hydrogen-bond acceptors (Lipinski definition) is 8. The van der Waals surface area contributed by atoms with E-state index < -0.39 is 0 Å². The number of fused-ring (bicyclic) bond motifs is 1. The quantitative estimate of drug-likeness (QED) is 0.672. The first kappa shape index (κ1) is 18.2. The van der Waals surface area contributed by atoms with Gasteiger partial charge in [0, 0.05) is 17.9 Å². The number of nitrogens with zero attached hydrogens (tertiary/aromatic N) is 3. The SMILES string of the molecule is COc1cc2nc(C)nc(NCc3cccc(N)n3)c2cc1OC1CCOC1. The van der Waals surface area contributed by atoms with Crippen LogP contribution < -0.4 is 20.5 Å². The summed E-state index contributed by atoms with van der Waals surface area (Å²) in [5.41, 5.74) is 7.38. The van der Waals surface area contributed by atoms with Gasteiger partial charge in [-0.1, -0.05) is 6.07 Å². The molecule has 0 radical (unpaired) electrons. The summed E-state index contributed by atoms with van der Waals surface area (Å²) in [6, 6.07) is 9.34. The zero-order valence-corrected chi connectivity index (χ0v) is 15.9. The van der Waals surface area contributed by atoms with Gasteiger partial charge in [0.25, 0.3) is 0 Å². The van der Waals surface area contributed by atoms with Crippen LogP contribution in [0.1, 0.15) is 17.9 Å². The van der Waals surface area contributed by atoms with Gasteiger partial charge in [0.15, 0.2) is 11.5 Å². The Morgan fingerprint density at radius 2 is 2.11 bits per heavy atom. The molecule has 146 valence electrons. The summed E-state index contributed by atoms with van der Waals surface area (Å²) in [5, 5.41) is 4.19. The van der Waals surface area contributed by atoms with Crippen LogP contribution in [0.2, 0.25) is 0 Å². The maximum atomic E-state index is 6.11. The standard InChI is InChI=1S/C20H23N5O3/c1-12-23-16-9-17(26-2)18(28-14-6-7-27-11-14)8-15(16)20(24-12)22-10-13-4-3-5-19(21)25-13/h3-5,8-9,14H,6-7,10-11H2,1-2H3,(H2,21,25)(H,22,23,24). The zero-order chi connectivity index (χ0) is 19.5. The summed E-state index contributed by atoms with van der Waals surface area (Å²) in [7, 11) is 1.62. The van der Waals surface area contributed by atoms with Gasteiger partial charge in [0.2, 0.25) is 0 Å². The van der Waals surface area contributed by atoms with Crippen LogP contribution in [0, 0.1) is 6.92 Å². The van der Waals surface area contributed by atoms with Crippen LogP contribution in [-0.2, 0) is 11.3 Å². The molecule has 8 nitrogen and oxygen atoms in total. The molecule has 0 aliphatic carbocycles. The first-order chi connectivity index (χ1) is 13.6. The van der Waals surface area contributed by atoms with Crippen LogP contribution in [-0.4, -0.2) is 41.4 Å². The average molecular weight is 381 g/mol. The van der Waals surface area contributed by atoms with Gasteiger partial charge in [-0.2, -0.15) is 0 Å². The van der Waals surface area contributed by atoms with E-state index in [1.54, 1.807) is 13.2 Å². The second-order valence-electron chi connectivity index (χ2n) is 6.65. The molecule has 3 heterocycles. The van der Waals surface area contributed by atoms with E-state index in [0.29, 0.717) is 48.7 Å². The number of anilines is 2. The third-order valence-corrected chi connectivity index (χ3v) is 4.54. The number of ether oxygens (including phenoxy) is 3. The fourth-order valence-electron chi connectivity index (χ4n) is 3.20. The highest BCUT2D eigenvalue weighted by molar-refractivity contribution is 5.91. The molecule has 1 saturated heterocycles. The van der Waals surface area contributed by atoms with E-state index in [-0.39, 0.29) is 6.10 Å². The molecule has 3 N–H and O–H groups in total. The zero-order valence-electron chi connectivity index (χ0n) is 15.9. The molecular formula is C20H23N5O3. The predicted molar refractivity (Wildman–Crippen MR) is 107 cm³/mol. The smallest absolute Gasteiger partial charge is 0.162 e. The Balaban J connectivity index is 1.68. The van der Waals surface area contributed by atoms with Crippen molar-refractivity contribution in [2.45, 2.75) is 26.0 Å². The number of pyridine rings is 1. The molecule has 1 aliphatic rings. The normalized spacial score (nSPS) is 16.3. The molecule has 0 bridgehead atoms. The third kappa shape index (κ3) is 3.91. The minimum absolute atomic E-state index is 0.0191. The Bertz CT molecular complexity index is 989. The Labute approximate surface area is 163 Å². The summed E-state index contributed by atoms with van der Waals surface area (Å²) >= 11 is 0. The summed E-state index contributed by atoms with van der Waals surface area (Å²) < 4.78 is 17.0. The van der Waals surface area contributed by atoms with Crippen molar-refractivity contribution in [2.24, 2.45) is 0 Å². The van der Waals surface area contributed by atoms with Crippen molar-refractivity contribution >= 4 is 22.5 Å². The summed E-state index contributed by atoms with van der Waals surface area (Å²) in [5.74, 6) is 3.16. The van der Waals surface area contributed by atoms with E-state index in [0.717, 1.165) is 23.0 Å². The summed E-state index contributed by atoms with van der Waals surface area (Å²) in [4.78, 5) is 13.4. The molecule has 4 rings (SSSR count). The first-order valence-corrected chi connectivity index (χ1v) is 9.18. The number of aryl methyl sites for hydroxylation is 1. The number of rotatable bonds is 6. The minimum atomic E-state index is 0.0191. The van der Waals surface area contributed by atoms with Crippen LogP contribution in [0.4, 0.5) is 11.6 Å². The highest BCUT2D eigenvalue weighted by atomic mass is 16.6. The van der Waals surface area contributed by atoms with E-state index in [1.807, 2.05) is 31.2 Å². The lowest BCUT2D eigenvalue weighted by Crippen LogP contribution is -2.16. The van der Waals surface area contributed by atoms with Crippen molar-refractivity contribution in [2.75, 3.05) is 31.4 Å². The van der Waals surface area contributed by atoms with Crippen LogP contribution in [0.3, 0.4) is 0 Å². The molecule has 1 aromatic carbocycles. The molecule has 8 heteroatoms. The van der Waals surface area contributed by atoms with Gasteiger partial charge in [-0.3, -0.25) is 0 Å². The van der Waals surface area contributed by atoms with E-state index >= 15 is 0 Å². The molecule has 0 spiro atoms. The van der Waals surface area contributed by atoms with Crippen LogP contribution in [0.5, 0.6) is 11.5 Å². The Morgan fingerprint density at radius 1 is 1.21 bits per heavy atom. The van der Waals surface area contributed by atoms with Gasteiger partial charge in [0.05, 0.1) is 38.1 Å². The fraction of sp³-hybridized carbons (Fsp3) is 0.350. The molecule has 28 heavy (non-hydrogen) atoms.